The first kappa shape index (κ1) is 16.6. The molecule has 1 saturated heterocycles. The molecule has 1 aliphatic heterocycles. The van der Waals surface area contributed by atoms with Gasteiger partial charge in [-0.1, -0.05) is 12.1 Å². The first-order valence-corrected chi connectivity index (χ1v) is 8.97. The van der Waals surface area contributed by atoms with Crippen molar-refractivity contribution >= 4 is 17.0 Å². The fraction of sp³-hybridized carbons (Fsp3) is 0.421. The standard InChI is InChI=1S/C19H22N4O3/c1-13-10-20-21-15(13)9-14-5-4-8-22(11-14)18(24)12-23-16-6-2-3-7-17(16)26-19(23)25/h2-3,6-7,10,14H,4-5,8-9,11-12H2,1H3,(H,20,21)/t14-/m1/s1. The highest BCUT2D eigenvalue weighted by molar-refractivity contribution is 5.79. The maximum atomic E-state index is 12.8. The molecule has 0 spiro atoms. The zero-order chi connectivity index (χ0) is 18.1. The number of nitrogens with one attached hydrogen (secondary N) is 1. The summed E-state index contributed by atoms with van der Waals surface area (Å²) in [5, 5.41) is 7.13. The third-order valence-electron chi connectivity index (χ3n) is 5.17. The average molecular weight is 354 g/mol. The predicted octanol–water partition coefficient (Wildman–Crippen LogP) is 2.11. The summed E-state index contributed by atoms with van der Waals surface area (Å²) < 4.78 is 6.63. The number of aryl methyl sites for hydroxylation is 1. The Kier molecular flexibility index (Phi) is 4.36. The van der Waals surface area contributed by atoms with Gasteiger partial charge >= 0.3 is 5.76 Å². The molecule has 4 rings (SSSR count). The number of hydrogen-bond acceptors (Lipinski definition) is 4. The largest absolute Gasteiger partial charge is 0.420 e. The third-order valence-corrected chi connectivity index (χ3v) is 5.17. The quantitative estimate of drug-likeness (QED) is 0.778. The van der Waals surface area contributed by atoms with E-state index in [0.29, 0.717) is 23.6 Å². The maximum absolute atomic E-state index is 12.8. The van der Waals surface area contributed by atoms with Crippen LogP contribution in [0.2, 0.25) is 0 Å². The molecule has 3 aromatic rings. The van der Waals surface area contributed by atoms with Crippen LogP contribution >= 0.6 is 0 Å². The van der Waals surface area contributed by atoms with Crippen LogP contribution in [0.1, 0.15) is 24.1 Å². The minimum atomic E-state index is -0.485. The van der Waals surface area contributed by atoms with Gasteiger partial charge in [0, 0.05) is 18.8 Å². The molecule has 1 aliphatic rings. The number of nitrogens with zero attached hydrogens (tertiary/aromatic N) is 3. The van der Waals surface area contributed by atoms with E-state index < -0.39 is 5.76 Å². The molecule has 7 nitrogen and oxygen atoms in total. The van der Waals surface area contributed by atoms with Crippen molar-refractivity contribution in [1.82, 2.24) is 19.7 Å². The Labute approximate surface area is 150 Å². The summed E-state index contributed by atoms with van der Waals surface area (Å²) in [6.07, 6.45) is 4.79. The molecule has 1 N–H and O–H groups in total. The lowest BCUT2D eigenvalue weighted by Crippen LogP contribution is -2.43. The Hall–Kier alpha value is -2.83. The average Bonchev–Trinajstić information content (AvgIpc) is 3.18. The fourth-order valence-corrected chi connectivity index (χ4v) is 3.73. The number of carbonyl (C=O) groups is 1. The van der Waals surface area contributed by atoms with E-state index in [2.05, 4.69) is 10.2 Å². The Bertz CT molecular complexity index is 984. The molecule has 1 atom stereocenters. The Morgan fingerprint density at radius 1 is 1.38 bits per heavy atom. The SMILES string of the molecule is Cc1cn[nH]c1C[C@H]1CCCN(C(=O)Cn2c(=O)oc3ccccc32)C1. The summed E-state index contributed by atoms with van der Waals surface area (Å²) in [4.78, 5) is 26.7. The second-order valence-electron chi connectivity index (χ2n) is 7.01. The Morgan fingerprint density at radius 2 is 2.23 bits per heavy atom. The molecule has 26 heavy (non-hydrogen) atoms. The van der Waals surface area contributed by atoms with Gasteiger partial charge in [0.1, 0.15) is 6.54 Å². The molecular weight excluding hydrogens is 332 g/mol. The first-order valence-electron chi connectivity index (χ1n) is 8.97. The second kappa shape index (κ2) is 6.82. The smallest absolute Gasteiger partial charge is 0.408 e. The van der Waals surface area contributed by atoms with Crippen molar-refractivity contribution < 1.29 is 9.21 Å². The number of likely N-dealkylation sites (tertiary alicyclic amines) is 1. The highest BCUT2D eigenvalue weighted by Crippen LogP contribution is 2.22. The van der Waals surface area contributed by atoms with E-state index in [1.54, 1.807) is 12.1 Å². The second-order valence-corrected chi connectivity index (χ2v) is 7.01. The third kappa shape index (κ3) is 3.16. The van der Waals surface area contributed by atoms with Crippen LogP contribution in [0.3, 0.4) is 0 Å². The summed E-state index contributed by atoms with van der Waals surface area (Å²) in [6, 6.07) is 7.18. The van der Waals surface area contributed by atoms with E-state index in [1.807, 2.05) is 30.2 Å². The molecule has 1 amide bonds. The number of oxazole rings is 1. The van der Waals surface area contributed by atoms with Crippen LogP contribution in [0.5, 0.6) is 0 Å². The van der Waals surface area contributed by atoms with Gasteiger partial charge < -0.3 is 9.32 Å². The van der Waals surface area contributed by atoms with Gasteiger partial charge in [0.2, 0.25) is 5.91 Å². The van der Waals surface area contributed by atoms with Gasteiger partial charge in [-0.3, -0.25) is 14.5 Å². The van der Waals surface area contributed by atoms with Gasteiger partial charge in [-0.05, 0) is 49.8 Å². The molecular formula is C19H22N4O3. The van der Waals surface area contributed by atoms with Crippen molar-refractivity contribution in [1.29, 1.82) is 0 Å². The molecule has 3 heterocycles. The fourth-order valence-electron chi connectivity index (χ4n) is 3.73. The normalized spacial score (nSPS) is 17.7. The van der Waals surface area contributed by atoms with Gasteiger partial charge in [0.05, 0.1) is 11.7 Å². The summed E-state index contributed by atoms with van der Waals surface area (Å²) >= 11 is 0. The van der Waals surface area contributed by atoms with Crippen LogP contribution in [0.25, 0.3) is 11.1 Å². The minimum absolute atomic E-state index is 0.0195. The number of aromatic amines is 1. The van der Waals surface area contributed by atoms with Crippen LogP contribution in [-0.2, 0) is 17.8 Å². The zero-order valence-electron chi connectivity index (χ0n) is 14.8. The van der Waals surface area contributed by atoms with Crippen LogP contribution in [0.15, 0.2) is 39.7 Å². The zero-order valence-corrected chi connectivity index (χ0v) is 14.8. The first-order chi connectivity index (χ1) is 12.6. The van der Waals surface area contributed by atoms with Crippen LogP contribution in [0, 0.1) is 12.8 Å². The number of aromatic nitrogens is 3. The number of fused-ring (bicyclic) bond motifs is 1. The van der Waals surface area contributed by atoms with Crippen LogP contribution < -0.4 is 5.76 Å². The predicted molar refractivity (Wildman–Crippen MR) is 96.8 cm³/mol. The number of H-pyrrole nitrogens is 1. The number of benzene rings is 1. The number of amides is 1. The summed E-state index contributed by atoms with van der Waals surface area (Å²) in [5.74, 6) is -0.115. The molecule has 0 saturated carbocycles. The number of carbonyl (C=O) groups excluding carboxylic acids is 1. The van der Waals surface area contributed by atoms with Gasteiger partial charge in [0.25, 0.3) is 0 Å². The Balaban J connectivity index is 1.46. The van der Waals surface area contributed by atoms with Crippen LogP contribution in [-0.4, -0.2) is 38.7 Å². The topological polar surface area (TPSA) is 84.1 Å². The van der Waals surface area contributed by atoms with E-state index in [1.165, 1.54) is 4.57 Å². The Morgan fingerprint density at radius 3 is 3.04 bits per heavy atom. The number of para-hydroxylation sites is 2. The van der Waals surface area contributed by atoms with Crippen molar-refractivity contribution in [3.63, 3.8) is 0 Å². The molecule has 1 aromatic carbocycles. The lowest BCUT2D eigenvalue weighted by molar-refractivity contribution is -0.133. The molecule has 0 aliphatic carbocycles. The van der Waals surface area contributed by atoms with Gasteiger partial charge in [-0.25, -0.2) is 4.79 Å². The van der Waals surface area contributed by atoms with Gasteiger partial charge in [-0.2, -0.15) is 5.10 Å². The highest BCUT2D eigenvalue weighted by Gasteiger charge is 2.25. The lowest BCUT2D eigenvalue weighted by atomic mass is 9.92. The van der Waals surface area contributed by atoms with Crippen molar-refractivity contribution in [2.24, 2.45) is 5.92 Å². The summed E-state index contributed by atoms with van der Waals surface area (Å²) in [5.41, 5.74) is 3.47. The van der Waals surface area contributed by atoms with E-state index in [9.17, 15) is 9.59 Å². The highest BCUT2D eigenvalue weighted by atomic mass is 16.4. The van der Waals surface area contributed by atoms with Crippen molar-refractivity contribution in [3.8, 4) is 0 Å². The molecule has 0 bridgehead atoms. The van der Waals surface area contributed by atoms with E-state index in [-0.39, 0.29) is 12.5 Å². The summed E-state index contributed by atoms with van der Waals surface area (Å²) in [6.45, 7) is 3.51. The van der Waals surface area contributed by atoms with E-state index in [0.717, 1.165) is 37.1 Å². The maximum Gasteiger partial charge on any atom is 0.420 e. The monoisotopic (exact) mass is 354 g/mol. The van der Waals surface area contributed by atoms with Gasteiger partial charge in [0.15, 0.2) is 5.58 Å². The molecule has 1 fully saturated rings. The molecule has 2 aromatic heterocycles. The molecule has 0 radical (unpaired) electrons. The van der Waals surface area contributed by atoms with Crippen molar-refractivity contribution in [3.05, 3.63) is 52.3 Å². The molecule has 136 valence electrons. The van der Waals surface area contributed by atoms with Gasteiger partial charge in [-0.15, -0.1) is 0 Å². The molecule has 7 heteroatoms. The number of rotatable bonds is 4. The minimum Gasteiger partial charge on any atom is -0.408 e. The lowest BCUT2D eigenvalue weighted by Gasteiger charge is -2.32. The molecule has 0 unspecified atom stereocenters. The van der Waals surface area contributed by atoms with Crippen LogP contribution in [0.4, 0.5) is 0 Å². The number of hydrogen-bond donors (Lipinski definition) is 1. The number of piperidine rings is 1. The van der Waals surface area contributed by atoms with Crippen molar-refractivity contribution in [2.75, 3.05) is 13.1 Å². The van der Waals surface area contributed by atoms with E-state index >= 15 is 0 Å². The summed E-state index contributed by atoms with van der Waals surface area (Å²) in [7, 11) is 0. The van der Waals surface area contributed by atoms with E-state index in [4.69, 9.17) is 4.42 Å². The van der Waals surface area contributed by atoms with Crippen molar-refractivity contribution in [2.45, 2.75) is 32.7 Å².